The maximum Gasteiger partial charge on any atom is 0.242 e. The van der Waals surface area contributed by atoms with Gasteiger partial charge in [-0.3, -0.25) is 4.79 Å². The Morgan fingerprint density at radius 2 is 2.00 bits per heavy atom. The lowest BCUT2D eigenvalue weighted by Gasteiger charge is -2.25. The summed E-state index contributed by atoms with van der Waals surface area (Å²) in [6.45, 7) is 1.61. The Kier molecular flexibility index (Phi) is 4.38. The molecule has 1 aliphatic heterocycles. The summed E-state index contributed by atoms with van der Waals surface area (Å²) < 4.78 is 40.6. The van der Waals surface area contributed by atoms with Crippen molar-refractivity contribution in [2.75, 3.05) is 5.32 Å². The van der Waals surface area contributed by atoms with Gasteiger partial charge >= 0.3 is 0 Å². The quantitative estimate of drug-likeness (QED) is 0.889. The number of anilines is 1. The number of fused-ring (bicyclic) bond motifs is 1. The van der Waals surface area contributed by atoms with Crippen LogP contribution in [0.3, 0.4) is 0 Å². The molecular formula is C17H17FN2O3S. The lowest BCUT2D eigenvalue weighted by atomic mass is 10.00. The van der Waals surface area contributed by atoms with Crippen LogP contribution in [-0.2, 0) is 27.0 Å². The largest absolute Gasteiger partial charge is 0.324 e. The highest BCUT2D eigenvalue weighted by molar-refractivity contribution is 7.88. The summed E-state index contributed by atoms with van der Waals surface area (Å²) in [7, 11) is -3.78. The molecule has 2 N–H and O–H groups in total. The molecule has 0 saturated carbocycles. The second kappa shape index (κ2) is 6.33. The maximum absolute atomic E-state index is 13.6. The van der Waals surface area contributed by atoms with Gasteiger partial charge in [0.15, 0.2) is 0 Å². The van der Waals surface area contributed by atoms with Crippen LogP contribution < -0.4 is 10.0 Å². The van der Waals surface area contributed by atoms with E-state index in [0.29, 0.717) is 16.8 Å². The molecule has 1 atom stereocenters. The number of sulfonamides is 1. The van der Waals surface area contributed by atoms with Gasteiger partial charge in [0.1, 0.15) is 11.9 Å². The predicted molar refractivity (Wildman–Crippen MR) is 89.5 cm³/mol. The topological polar surface area (TPSA) is 75.3 Å². The van der Waals surface area contributed by atoms with E-state index in [1.54, 1.807) is 25.1 Å². The molecule has 7 heteroatoms. The zero-order chi connectivity index (χ0) is 17.3. The summed E-state index contributed by atoms with van der Waals surface area (Å²) in [5.41, 5.74) is 2.35. The molecule has 0 aliphatic carbocycles. The van der Waals surface area contributed by atoms with Crippen LogP contribution in [0.2, 0.25) is 0 Å². The lowest BCUT2D eigenvalue weighted by molar-refractivity contribution is -0.118. The third kappa shape index (κ3) is 3.63. The van der Waals surface area contributed by atoms with Gasteiger partial charge in [-0.15, -0.1) is 0 Å². The molecule has 1 aliphatic rings. The average Bonchev–Trinajstić information content (AvgIpc) is 2.51. The minimum Gasteiger partial charge on any atom is -0.324 e. The number of aryl methyl sites for hydroxylation is 1. The molecule has 0 saturated heterocycles. The maximum atomic E-state index is 13.6. The van der Waals surface area contributed by atoms with Crippen LogP contribution in [0, 0.1) is 12.7 Å². The third-order valence-electron chi connectivity index (χ3n) is 3.93. The Hall–Kier alpha value is -2.25. The van der Waals surface area contributed by atoms with Gasteiger partial charge in [0, 0.05) is 5.69 Å². The summed E-state index contributed by atoms with van der Waals surface area (Å²) >= 11 is 0. The number of carbonyl (C=O) groups is 1. The standard InChI is InChI=1S/C17H17FN2O3S/c1-11-6-7-12(8-14(11)18)10-24(22,23)20-16-9-13-4-2-3-5-15(13)19-17(16)21/h2-8,16,20H,9-10H2,1H3,(H,19,21). The van der Waals surface area contributed by atoms with E-state index in [0.717, 1.165) is 5.56 Å². The van der Waals surface area contributed by atoms with Crippen molar-refractivity contribution in [2.24, 2.45) is 0 Å². The summed E-state index contributed by atoms with van der Waals surface area (Å²) in [6.07, 6.45) is 0.281. The fourth-order valence-corrected chi connectivity index (χ4v) is 3.98. The first-order valence-corrected chi connectivity index (χ1v) is 9.13. The summed E-state index contributed by atoms with van der Waals surface area (Å²) in [4.78, 5) is 12.1. The molecule has 5 nitrogen and oxygen atoms in total. The van der Waals surface area contributed by atoms with Crippen LogP contribution >= 0.6 is 0 Å². The van der Waals surface area contributed by atoms with Crippen LogP contribution in [-0.4, -0.2) is 20.4 Å². The number of benzene rings is 2. The first kappa shape index (κ1) is 16.6. The first-order valence-electron chi connectivity index (χ1n) is 7.48. The first-order chi connectivity index (χ1) is 11.3. The number of hydrogen-bond acceptors (Lipinski definition) is 3. The van der Waals surface area contributed by atoms with Gasteiger partial charge in [0.25, 0.3) is 0 Å². The zero-order valence-corrected chi connectivity index (χ0v) is 13.9. The molecule has 1 unspecified atom stereocenters. The van der Waals surface area contributed by atoms with Crippen molar-refractivity contribution in [3.05, 3.63) is 65.0 Å². The Balaban J connectivity index is 1.75. The lowest BCUT2D eigenvalue weighted by Crippen LogP contribution is -2.47. The van der Waals surface area contributed by atoms with E-state index < -0.39 is 27.8 Å². The molecule has 3 rings (SSSR count). The molecule has 1 heterocycles. The van der Waals surface area contributed by atoms with Crippen LogP contribution in [0.15, 0.2) is 42.5 Å². The highest BCUT2D eigenvalue weighted by Crippen LogP contribution is 2.22. The Bertz CT molecular complexity index is 896. The Labute approximate surface area is 139 Å². The molecular weight excluding hydrogens is 331 g/mol. The molecule has 0 aromatic heterocycles. The van der Waals surface area contributed by atoms with Gasteiger partial charge in [-0.2, -0.15) is 0 Å². The molecule has 0 bridgehead atoms. The number of halogens is 1. The smallest absolute Gasteiger partial charge is 0.242 e. The predicted octanol–water partition coefficient (Wildman–Crippen LogP) is 2.12. The Morgan fingerprint density at radius 1 is 1.25 bits per heavy atom. The van der Waals surface area contributed by atoms with E-state index in [4.69, 9.17) is 0 Å². The third-order valence-corrected chi connectivity index (χ3v) is 5.29. The van der Waals surface area contributed by atoms with E-state index in [1.807, 2.05) is 12.1 Å². The van der Waals surface area contributed by atoms with Crippen molar-refractivity contribution < 1.29 is 17.6 Å². The van der Waals surface area contributed by atoms with Crippen molar-refractivity contribution >= 4 is 21.6 Å². The average molecular weight is 348 g/mol. The second-order valence-electron chi connectivity index (χ2n) is 5.86. The van der Waals surface area contributed by atoms with E-state index in [9.17, 15) is 17.6 Å². The molecule has 24 heavy (non-hydrogen) atoms. The van der Waals surface area contributed by atoms with E-state index in [-0.39, 0.29) is 12.2 Å². The highest BCUT2D eigenvalue weighted by Gasteiger charge is 2.29. The monoisotopic (exact) mass is 348 g/mol. The van der Waals surface area contributed by atoms with Crippen LogP contribution in [0.1, 0.15) is 16.7 Å². The highest BCUT2D eigenvalue weighted by atomic mass is 32.2. The minimum absolute atomic E-state index is 0.281. The molecule has 2 aromatic carbocycles. The van der Waals surface area contributed by atoms with Gasteiger partial charge in [-0.25, -0.2) is 17.5 Å². The number of amides is 1. The number of para-hydroxylation sites is 1. The van der Waals surface area contributed by atoms with Crippen molar-refractivity contribution in [2.45, 2.75) is 25.1 Å². The normalized spacial score (nSPS) is 17.2. The minimum atomic E-state index is -3.78. The van der Waals surface area contributed by atoms with Gasteiger partial charge in [0.2, 0.25) is 15.9 Å². The van der Waals surface area contributed by atoms with Crippen LogP contribution in [0.4, 0.5) is 10.1 Å². The van der Waals surface area contributed by atoms with Gasteiger partial charge in [-0.05, 0) is 42.2 Å². The summed E-state index contributed by atoms with van der Waals surface area (Å²) in [5.74, 6) is -1.23. The SMILES string of the molecule is Cc1ccc(CS(=O)(=O)NC2Cc3ccccc3NC2=O)cc1F. The van der Waals surface area contributed by atoms with Gasteiger partial charge < -0.3 is 5.32 Å². The number of carbonyl (C=O) groups excluding carboxylic acids is 1. The van der Waals surface area contributed by atoms with E-state index in [2.05, 4.69) is 10.0 Å². The van der Waals surface area contributed by atoms with Crippen molar-refractivity contribution in [3.63, 3.8) is 0 Å². The second-order valence-corrected chi connectivity index (χ2v) is 7.62. The van der Waals surface area contributed by atoms with Crippen molar-refractivity contribution in [1.29, 1.82) is 0 Å². The molecule has 0 fully saturated rings. The van der Waals surface area contributed by atoms with Crippen molar-refractivity contribution in [3.8, 4) is 0 Å². The fraction of sp³-hybridized carbons (Fsp3) is 0.235. The van der Waals surface area contributed by atoms with Crippen LogP contribution in [0.25, 0.3) is 0 Å². The molecule has 1 amide bonds. The number of hydrogen-bond donors (Lipinski definition) is 2. The number of rotatable bonds is 4. The molecule has 126 valence electrons. The number of nitrogens with one attached hydrogen (secondary N) is 2. The van der Waals surface area contributed by atoms with Gasteiger partial charge in [0.05, 0.1) is 5.75 Å². The molecule has 2 aromatic rings. The van der Waals surface area contributed by atoms with E-state index >= 15 is 0 Å². The molecule has 0 radical (unpaired) electrons. The summed E-state index contributed by atoms with van der Waals surface area (Å²) in [6, 6.07) is 10.7. The molecule has 0 spiro atoms. The Morgan fingerprint density at radius 3 is 2.75 bits per heavy atom. The fourth-order valence-electron chi connectivity index (χ4n) is 2.65. The van der Waals surface area contributed by atoms with Crippen molar-refractivity contribution in [1.82, 2.24) is 4.72 Å². The van der Waals surface area contributed by atoms with E-state index in [1.165, 1.54) is 12.1 Å². The van der Waals surface area contributed by atoms with Gasteiger partial charge in [-0.1, -0.05) is 30.3 Å². The van der Waals surface area contributed by atoms with Crippen LogP contribution in [0.5, 0.6) is 0 Å². The summed E-state index contributed by atoms with van der Waals surface area (Å²) in [5, 5.41) is 2.69. The zero-order valence-electron chi connectivity index (χ0n) is 13.0.